The van der Waals surface area contributed by atoms with Crippen LogP contribution in [0.25, 0.3) is 10.2 Å². The Morgan fingerprint density at radius 1 is 1.53 bits per heavy atom. The fourth-order valence-electron chi connectivity index (χ4n) is 1.55. The quantitative estimate of drug-likeness (QED) is 0.722. The van der Waals surface area contributed by atoms with Gasteiger partial charge in [-0.3, -0.25) is 14.6 Å². The molecule has 0 aromatic carbocycles. The minimum atomic E-state index is -0.248. The number of nitrogens with zero attached hydrogens (tertiary/aromatic N) is 3. The second kappa shape index (κ2) is 3.70. The van der Waals surface area contributed by atoms with Crippen LogP contribution in [0.15, 0.2) is 23.7 Å². The highest BCUT2D eigenvalue weighted by Crippen LogP contribution is 2.24. The summed E-state index contributed by atoms with van der Waals surface area (Å²) >= 11 is 1.52. The van der Waals surface area contributed by atoms with Gasteiger partial charge in [0.1, 0.15) is 10.6 Å². The number of fused-ring (bicyclic) bond motifs is 1. The summed E-state index contributed by atoms with van der Waals surface area (Å²) in [5, 5.41) is 16.5. The molecule has 3 heterocycles. The van der Waals surface area contributed by atoms with E-state index in [1.54, 1.807) is 24.0 Å². The van der Waals surface area contributed by atoms with Gasteiger partial charge in [0.15, 0.2) is 5.69 Å². The summed E-state index contributed by atoms with van der Waals surface area (Å²) in [6, 6.07) is 3.58. The lowest BCUT2D eigenvalue weighted by molar-refractivity contribution is 0.102. The average molecular weight is 247 g/mol. The summed E-state index contributed by atoms with van der Waals surface area (Å²) in [5.74, 6) is 0.360. The maximum absolute atomic E-state index is 11.9. The van der Waals surface area contributed by atoms with Crippen LogP contribution in [0.1, 0.15) is 10.5 Å². The maximum Gasteiger partial charge on any atom is 0.277 e. The molecule has 3 aromatic rings. The van der Waals surface area contributed by atoms with Crippen molar-refractivity contribution in [3.63, 3.8) is 0 Å². The number of amides is 1. The normalized spacial score (nSPS) is 10.9. The van der Waals surface area contributed by atoms with Gasteiger partial charge in [0, 0.05) is 13.2 Å². The molecule has 0 aliphatic rings. The van der Waals surface area contributed by atoms with Gasteiger partial charge in [-0.15, -0.1) is 11.3 Å². The number of rotatable bonds is 2. The third kappa shape index (κ3) is 1.70. The van der Waals surface area contributed by atoms with E-state index in [9.17, 15) is 4.79 Å². The monoisotopic (exact) mass is 247 g/mol. The van der Waals surface area contributed by atoms with Crippen LogP contribution in [0.2, 0.25) is 0 Å². The van der Waals surface area contributed by atoms with Crippen molar-refractivity contribution in [3.8, 4) is 0 Å². The minimum absolute atomic E-state index is 0.248. The molecule has 3 aromatic heterocycles. The Morgan fingerprint density at radius 3 is 3.18 bits per heavy atom. The molecule has 86 valence electrons. The van der Waals surface area contributed by atoms with Gasteiger partial charge in [0.05, 0.1) is 5.39 Å². The van der Waals surface area contributed by atoms with E-state index in [-0.39, 0.29) is 5.91 Å². The molecular formula is C10H9N5OS. The second-order valence-electron chi connectivity index (χ2n) is 3.57. The molecule has 1 amide bonds. The summed E-state index contributed by atoms with van der Waals surface area (Å²) in [5.41, 5.74) is 0.380. The first-order valence-electron chi connectivity index (χ1n) is 4.96. The summed E-state index contributed by atoms with van der Waals surface area (Å²) in [7, 11) is 1.77. The van der Waals surface area contributed by atoms with Crippen molar-refractivity contribution in [2.24, 2.45) is 7.05 Å². The Bertz CT molecular complexity index is 680. The van der Waals surface area contributed by atoms with E-state index in [0.717, 1.165) is 10.2 Å². The predicted molar refractivity (Wildman–Crippen MR) is 65.1 cm³/mol. The van der Waals surface area contributed by atoms with Crippen molar-refractivity contribution < 1.29 is 4.79 Å². The molecule has 0 saturated heterocycles. The van der Waals surface area contributed by atoms with Crippen LogP contribution in [0, 0.1) is 0 Å². The van der Waals surface area contributed by atoms with Crippen molar-refractivity contribution in [2.75, 3.05) is 5.32 Å². The van der Waals surface area contributed by atoms with E-state index in [4.69, 9.17) is 0 Å². The van der Waals surface area contributed by atoms with Gasteiger partial charge in [-0.25, -0.2) is 0 Å². The van der Waals surface area contributed by atoms with E-state index in [2.05, 4.69) is 20.6 Å². The van der Waals surface area contributed by atoms with E-state index >= 15 is 0 Å². The zero-order valence-corrected chi connectivity index (χ0v) is 9.78. The molecule has 0 fully saturated rings. The fraction of sp³-hybridized carbons (Fsp3) is 0.100. The number of nitrogens with one attached hydrogen (secondary N) is 2. The van der Waals surface area contributed by atoms with Crippen molar-refractivity contribution >= 4 is 33.3 Å². The Hall–Kier alpha value is -2.15. The van der Waals surface area contributed by atoms with Crippen molar-refractivity contribution in [2.45, 2.75) is 0 Å². The number of carbonyl (C=O) groups is 1. The topological polar surface area (TPSA) is 75.6 Å². The number of aryl methyl sites for hydroxylation is 1. The first-order chi connectivity index (χ1) is 8.24. The summed E-state index contributed by atoms with van der Waals surface area (Å²) < 4.78 is 1.59. The molecule has 0 spiro atoms. The number of hydrogen-bond acceptors (Lipinski definition) is 4. The van der Waals surface area contributed by atoms with E-state index in [1.807, 2.05) is 11.4 Å². The van der Waals surface area contributed by atoms with Crippen LogP contribution < -0.4 is 5.32 Å². The van der Waals surface area contributed by atoms with Crippen molar-refractivity contribution in [3.05, 3.63) is 29.4 Å². The molecule has 7 heteroatoms. The highest BCUT2D eigenvalue weighted by Gasteiger charge is 2.12. The molecule has 17 heavy (non-hydrogen) atoms. The number of carbonyl (C=O) groups excluding carboxylic acids is 1. The van der Waals surface area contributed by atoms with Crippen LogP contribution in [-0.4, -0.2) is 25.9 Å². The zero-order chi connectivity index (χ0) is 11.8. The van der Waals surface area contributed by atoms with Crippen molar-refractivity contribution in [1.82, 2.24) is 20.0 Å². The third-order valence-corrected chi connectivity index (χ3v) is 3.17. The lowest BCUT2D eigenvalue weighted by Crippen LogP contribution is -2.13. The van der Waals surface area contributed by atoms with Crippen LogP contribution >= 0.6 is 11.3 Å². The molecule has 6 nitrogen and oxygen atoms in total. The number of thiophene rings is 1. The largest absolute Gasteiger partial charge is 0.305 e. The number of H-pyrrole nitrogens is 1. The average Bonchev–Trinajstić information content (AvgIpc) is 2.96. The van der Waals surface area contributed by atoms with Crippen molar-refractivity contribution in [1.29, 1.82) is 0 Å². The second-order valence-corrected chi connectivity index (χ2v) is 4.46. The smallest absolute Gasteiger partial charge is 0.277 e. The minimum Gasteiger partial charge on any atom is -0.305 e. The van der Waals surface area contributed by atoms with Gasteiger partial charge in [-0.2, -0.15) is 10.2 Å². The molecule has 2 N–H and O–H groups in total. The SMILES string of the molecule is Cn1ccc(C(=O)Nc2[nH]nc3sccc23)n1. The predicted octanol–water partition coefficient (Wildman–Crippen LogP) is 1.61. The van der Waals surface area contributed by atoms with Gasteiger partial charge >= 0.3 is 0 Å². The molecule has 0 bridgehead atoms. The Balaban J connectivity index is 1.88. The van der Waals surface area contributed by atoms with E-state index in [0.29, 0.717) is 11.5 Å². The zero-order valence-electron chi connectivity index (χ0n) is 8.97. The summed E-state index contributed by atoms with van der Waals surface area (Å²) in [6.45, 7) is 0. The Labute approximate surface area is 100 Å². The lowest BCUT2D eigenvalue weighted by atomic mass is 10.3. The molecule has 0 atom stereocenters. The fourth-order valence-corrected chi connectivity index (χ4v) is 2.28. The van der Waals surface area contributed by atoms with Crippen LogP contribution in [0.4, 0.5) is 5.82 Å². The molecule has 0 radical (unpaired) electrons. The lowest BCUT2D eigenvalue weighted by Gasteiger charge is -1.98. The highest BCUT2D eigenvalue weighted by atomic mass is 32.1. The number of hydrogen-bond donors (Lipinski definition) is 2. The Morgan fingerprint density at radius 2 is 2.41 bits per heavy atom. The molecule has 0 unspecified atom stereocenters. The first kappa shape index (κ1) is 10.0. The standard InChI is InChI=1S/C10H9N5OS/c1-15-4-2-7(14-15)9(16)11-8-6-3-5-17-10(6)13-12-8/h2-5H,1H3,(H2,11,12,13,16). The molecule has 3 rings (SSSR count). The Kier molecular flexibility index (Phi) is 2.19. The van der Waals surface area contributed by atoms with Gasteiger partial charge < -0.3 is 5.32 Å². The molecule has 0 saturated carbocycles. The molecule has 0 aliphatic carbocycles. The highest BCUT2D eigenvalue weighted by molar-refractivity contribution is 7.16. The maximum atomic E-state index is 11.9. The van der Waals surface area contributed by atoms with Gasteiger partial charge in [-0.05, 0) is 17.5 Å². The van der Waals surface area contributed by atoms with E-state index in [1.165, 1.54) is 11.3 Å². The number of aromatic amines is 1. The van der Waals surface area contributed by atoms with Crippen LogP contribution in [0.5, 0.6) is 0 Å². The summed E-state index contributed by atoms with van der Waals surface area (Å²) in [4.78, 5) is 12.7. The van der Waals surface area contributed by atoms with Gasteiger partial charge in [0.2, 0.25) is 0 Å². The first-order valence-corrected chi connectivity index (χ1v) is 5.84. The van der Waals surface area contributed by atoms with Gasteiger partial charge in [-0.1, -0.05) is 0 Å². The van der Waals surface area contributed by atoms with E-state index < -0.39 is 0 Å². The molecular weight excluding hydrogens is 238 g/mol. The van der Waals surface area contributed by atoms with Crippen LogP contribution in [0.3, 0.4) is 0 Å². The van der Waals surface area contributed by atoms with Crippen LogP contribution in [-0.2, 0) is 7.05 Å². The number of aromatic nitrogens is 4. The molecule has 0 aliphatic heterocycles. The number of anilines is 1. The summed E-state index contributed by atoms with van der Waals surface area (Å²) in [6.07, 6.45) is 1.72. The third-order valence-electron chi connectivity index (χ3n) is 2.37. The van der Waals surface area contributed by atoms with Gasteiger partial charge in [0.25, 0.3) is 5.91 Å².